The van der Waals surface area contributed by atoms with Crippen LogP contribution >= 0.6 is 0 Å². The fraction of sp³-hybridized carbons (Fsp3) is 0.538. The zero-order chi connectivity index (χ0) is 10.6. The molecular weight excluding hydrogens is 172 g/mol. The van der Waals surface area contributed by atoms with Gasteiger partial charge in [-0.25, -0.2) is 0 Å². The minimum absolute atomic E-state index is 0.0739. The molecule has 1 heteroatoms. The van der Waals surface area contributed by atoms with Crippen LogP contribution < -0.4 is 0 Å². The molecule has 1 aliphatic rings. The van der Waals surface area contributed by atoms with Gasteiger partial charge in [0.1, 0.15) is 0 Å². The number of hydrogen-bond acceptors (Lipinski definition) is 1. The first-order valence-corrected chi connectivity index (χ1v) is 5.44. The van der Waals surface area contributed by atoms with Crippen molar-refractivity contribution in [1.29, 1.82) is 0 Å². The summed E-state index contributed by atoms with van der Waals surface area (Å²) in [6.45, 7) is 6.22. The van der Waals surface area contributed by atoms with Crippen molar-refractivity contribution in [3.05, 3.63) is 35.9 Å². The average Bonchev–Trinajstić information content (AvgIpc) is 2.20. The van der Waals surface area contributed by atoms with Crippen molar-refractivity contribution in [3.8, 4) is 0 Å². The van der Waals surface area contributed by atoms with E-state index in [4.69, 9.17) is 0 Å². The molecule has 0 bridgehead atoms. The standard InChI is InChI=1S/C11H14O.C2H6/c1-11(7-10(12)8-11)9-5-3-2-4-6-9;1-2/h2-6,10,12H,7-8H2,1H3;1-2H3. The Hall–Kier alpha value is -0.820. The van der Waals surface area contributed by atoms with Crippen molar-refractivity contribution >= 4 is 0 Å². The normalized spacial score (nSPS) is 29.9. The third-order valence-corrected chi connectivity index (χ3v) is 2.84. The fourth-order valence-corrected chi connectivity index (χ4v) is 2.06. The Morgan fingerprint density at radius 1 is 1.14 bits per heavy atom. The highest BCUT2D eigenvalue weighted by molar-refractivity contribution is 5.27. The van der Waals surface area contributed by atoms with E-state index < -0.39 is 0 Å². The van der Waals surface area contributed by atoms with Crippen molar-refractivity contribution < 1.29 is 5.11 Å². The third-order valence-electron chi connectivity index (χ3n) is 2.84. The van der Waals surface area contributed by atoms with Gasteiger partial charge in [0.2, 0.25) is 0 Å². The van der Waals surface area contributed by atoms with Gasteiger partial charge in [0.15, 0.2) is 0 Å². The number of aliphatic hydroxyl groups excluding tert-OH is 1. The van der Waals surface area contributed by atoms with Crippen molar-refractivity contribution in [3.63, 3.8) is 0 Å². The maximum atomic E-state index is 9.24. The molecule has 1 saturated carbocycles. The Labute approximate surface area is 86.8 Å². The first-order chi connectivity index (χ1) is 6.71. The van der Waals surface area contributed by atoms with E-state index in [9.17, 15) is 5.11 Å². The van der Waals surface area contributed by atoms with E-state index in [0.29, 0.717) is 0 Å². The van der Waals surface area contributed by atoms with Gasteiger partial charge in [-0.05, 0) is 23.8 Å². The van der Waals surface area contributed by atoms with Gasteiger partial charge in [-0.15, -0.1) is 0 Å². The lowest BCUT2D eigenvalue weighted by Gasteiger charge is -2.43. The van der Waals surface area contributed by atoms with Crippen LogP contribution in [-0.4, -0.2) is 11.2 Å². The average molecular weight is 192 g/mol. The quantitative estimate of drug-likeness (QED) is 0.724. The summed E-state index contributed by atoms with van der Waals surface area (Å²) in [5.41, 5.74) is 1.59. The largest absolute Gasteiger partial charge is 0.393 e. The molecule has 1 aromatic rings. The van der Waals surface area contributed by atoms with Crippen molar-refractivity contribution in [2.24, 2.45) is 0 Å². The summed E-state index contributed by atoms with van der Waals surface area (Å²) in [7, 11) is 0. The van der Waals surface area contributed by atoms with Crippen LogP contribution in [0, 0.1) is 0 Å². The first kappa shape index (κ1) is 11.3. The molecule has 0 radical (unpaired) electrons. The van der Waals surface area contributed by atoms with Crippen LogP contribution in [0.1, 0.15) is 39.2 Å². The molecule has 0 unspecified atom stereocenters. The highest BCUT2D eigenvalue weighted by atomic mass is 16.3. The fourth-order valence-electron chi connectivity index (χ4n) is 2.06. The van der Waals surface area contributed by atoms with Gasteiger partial charge in [-0.1, -0.05) is 51.1 Å². The molecule has 14 heavy (non-hydrogen) atoms. The first-order valence-electron chi connectivity index (χ1n) is 5.44. The Morgan fingerprint density at radius 3 is 2.07 bits per heavy atom. The van der Waals surface area contributed by atoms with Gasteiger partial charge in [0.25, 0.3) is 0 Å². The molecule has 0 heterocycles. The zero-order valence-corrected chi connectivity index (χ0v) is 9.33. The third kappa shape index (κ3) is 2.16. The van der Waals surface area contributed by atoms with Crippen LogP contribution in [0.4, 0.5) is 0 Å². The summed E-state index contributed by atoms with van der Waals surface area (Å²) in [6.07, 6.45) is 1.75. The highest BCUT2D eigenvalue weighted by Crippen LogP contribution is 2.43. The van der Waals surface area contributed by atoms with E-state index in [0.717, 1.165) is 12.8 Å². The molecule has 1 aromatic carbocycles. The summed E-state index contributed by atoms with van der Waals surface area (Å²) in [5.74, 6) is 0. The van der Waals surface area contributed by atoms with E-state index in [1.165, 1.54) is 5.56 Å². The molecule has 1 aliphatic carbocycles. The maximum Gasteiger partial charge on any atom is 0.0557 e. The van der Waals surface area contributed by atoms with Crippen molar-refractivity contribution in [1.82, 2.24) is 0 Å². The second-order valence-corrected chi connectivity index (χ2v) is 3.99. The molecule has 0 aliphatic heterocycles. The van der Waals surface area contributed by atoms with Gasteiger partial charge in [0.05, 0.1) is 6.10 Å². The molecule has 1 fully saturated rings. The molecule has 78 valence electrons. The minimum atomic E-state index is -0.0739. The second-order valence-electron chi connectivity index (χ2n) is 3.99. The van der Waals surface area contributed by atoms with Crippen LogP contribution in [0.2, 0.25) is 0 Å². The molecule has 2 rings (SSSR count). The van der Waals surface area contributed by atoms with Crippen molar-refractivity contribution in [2.45, 2.75) is 45.1 Å². The molecule has 0 spiro atoms. The van der Waals surface area contributed by atoms with Crippen molar-refractivity contribution in [2.75, 3.05) is 0 Å². The second kappa shape index (κ2) is 4.61. The molecule has 0 atom stereocenters. The van der Waals surface area contributed by atoms with Gasteiger partial charge in [-0.3, -0.25) is 0 Å². The van der Waals surface area contributed by atoms with E-state index in [2.05, 4.69) is 31.2 Å². The molecule has 1 nitrogen and oxygen atoms in total. The summed E-state index contributed by atoms with van der Waals surface area (Å²) >= 11 is 0. The lowest BCUT2D eigenvalue weighted by atomic mass is 9.64. The zero-order valence-electron chi connectivity index (χ0n) is 9.33. The topological polar surface area (TPSA) is 20.2 Å². The predicted molar refractivity (Wildman–Crippen MR) is 60.4 cm³/mol. The van der Waals surface area contributed by atoms with Crippen LogP contribution in [0.25, 0.3) is 0 Å². The molecule has 0 amide bonds. The van der Waals surface area contributed by atoms with E-state index >= 15 is 0 Å². The SMILES string of the molecule is CC.CC1(c2ccccc2)CC(O)C1. The number of benzene rings is 1. The Kier molecular flexibility index (Phi) is 3.70. The summed E-state index contributed by atoms with van der Waals surface area (Å²) < 4.78 is 0. The van der Waals surface area contributed by atoms with Crippen LogP contribution in [0.5, 0.6) is 0 Å². The number of aliphatic hydroxyl groups is 1. The van der Waals surface area contributed by atoms with Gasteiger partial charge >= 0.3 is 0 Å². The number of rotatable bonds is 1. The van der Waals surface area contributed by atoms with Crippen LogP contribution in [-0.2, 0) is 5.41 Å². The summed E-state index contributed by atoms with van der Waals surface area (Å²) in [4.78, 5) is 0. The summed E-state index contributed by atoms with van der Waals surface area (Å²) in [6, 6.07) is 10.4. The monoisotopic (exact) mass is 192 g/mol. The highest BCUT2D eigenvalue weighted by Gasteiger charge is 2.40. The lowest BCUT2D eigenvalue weighted by Crippen LogP contribution is -2.41. The smallest absolute Gasteiger partial charge is 0.0557 e. The minimum Gasteiger partial charge on any atom is -0.393 e. The predicted octanol–water partition coefficient (Wildman–Crippen LogP) is 3.13. The number of hydrogen-bond donors (Lipinski definition) is 1. The lowest BCUT2D eigenvalue weighted by molar-refractivity contribution is 0.0273. The van der Waals surface area contributed by atoms with E-state index in [-0.39, 0.29) is 11.5 Å². The molecular formula is C13H20O. The van der Waals surface area contributed by atoms with Gasteiger partial charge in [-0.2, -0.15) is 0 Å². The Morgan fingerprint density at radius 2 is 1.64 bits per heavy atom. The van der Waals surface area contributed by atoms with E-state index in [1.54, 1.807) is 0 Å². The molecule has 0 saturated heterocycles. The van der Waals surface area contributed by atoms with Gasteiger partial charge in [0, 0.05) is 0 Å². The maximum absolute atomic E-state index is 9.24. The van der Waals surface area contributed by atoms with E-state index in [1.807, 2.05) is 19.9 Å². The molecule has 0 aromatic heterocycles. The molecule has 1 N–H and O–H groups in total. The van der Waals surface area contributed by atoms with Crippen LogP contribution in [0.15, 0.2) is 30.3 Å². The Bertz CT molecular complexity index is 260. The van der Waals surface area contributed by atoms with Crippen LogP contribution in [0.3, 0.4) is 0 Å². The van der Waals surface area contributed by atoms with Gasteiger partial charge < -0.3 is 5.11 Å². The Balaban J connectivity index is 0.000000461. The summed E-state index contributed by atoms with van der Waals surface area (Å²) in [5, 5.41) is 9.24.